The highest BCUT2D eigenvalue weighted by atomic mass is 15.0. The van der Waals surface area contributed by atoms with Gasteiger partial charge in [0.1, 0.15) is 42.3 Å². The van der Waals surface area contributed by atoms with E-state index in [4.69, 9.17) is 27.4 Å². The molecule has 12 aromatic rings. The molecular formula is C105H132N6+6. The van der Waals surface area contributed by atoms with Crippen LogP contribution in [-0.2, 0) is 42.3 Å². The van der Waals surface area contributed by atoms with Crippen molar-refractivity contribution >= 4 is 0 Å². The topological polar surface area (TPSA) is 23.3 Å². The lowest BCUT2D eigenvalue weighted by molar-refractivity contribution is -0.667. The summed E-state index contributed by atoms with van der Waals surface area (Å²) >= 11 is 0. The maximum atomic E-state index is 8.87. The number of hydrogen-bond acceptors (Lipinski definition) is 0. The molecule has 0 radical (unpaired) electrons. The van der Waals surface area contributed by atoms with Crippen molar-refractivity contribution in [2.45, 2.75) is 219 Å². The average Bonchev–Trinajstić information content (AvgIpc) is 1.30. The third-order valence-electron chi connectivity index (χ3n) is 23.1. The maximum absolute atomic E-state index is 8.87. The fourth-order valence-electron chi connectivity index (χ4n) is 16.2. The summed E-state index contributed by atoms with van der Waals surface area (Å²) in [5.74, 6) is -0.367. The smallest absolute Gasteiger partial charge is 0.201 e. The molecule has 0 N–H and O–H groups in total. The first kappa shape index (κ1) is 60.0. The fourth-order valence-corrected chi connectivity index (χ4v) is 16.2. The van der Waals surface area contributed by atoms with Crippen LogP contribution in [0.25, 0.3) is 67.5 Å². The molecule has 3 aliphatic rings. The van der Waals surface area contributed by atoms with E-state index in [0.29, 0.717) is 33.6 Å². The van der Waals surface area contributed by atoms with E-state index in [9.17, 15) is 0 Å². The Labute approximate surface area is 698 Å². The van der Waals surface area contributed by atoms with E-state index in [1.165, 1.54) is 98.0 Å². The van der Waals surface area contributed by atoms with Crippen molar-refractivity contribution in [2.24, 2.45) is 42.3 Å². The number of aromatic nitrogens is 6. The van der Waals surface area contributed by atoms with Crippen LogP contribution in [-0.4, -0.2) is 0 Å². The molecule has 6 aromatic heterocycles. The highest BCUT2D eigenvalue weighted by Gasteiger charge is 2.29. The first-order valence-corrected chi connectivity index (χ1v) is 39.5. The quantitative estimate of drug-likeness (QED) is 0.129. The Kier molecular flexibility index (Phi) is 20.5. The average molecular weight is 1500 g/mol. The number of aryl methyl sites for hydroxylation is 15. The van der Waals surface area contributed by atoms with Crippen molar-refractivity contribution in [2.75, 3.05) is 0 Å². The number of benzene rings is 6. The molecule has 3 aliphatic carbocycles. The van der Waals surface area contributed by atoms with Gasteiger partial charge < -0.3 is 0 Å². The van der Waals surface area contributed by atoms with E-state index in [2.05, 4.69) is 143 Å². The number of hydrogen-bond donors (Lipinski definition) is 0. The summed E-state index contributed by atoms with van der Waals surface area (Å²) in [5, 5.41) is 0. The molecule has 0 bridgehead atoms. The number of nitrogens with zero attached hydrogens (tertiary/aromatic N) is 6. The van der Waals surface area contributed by atoms with Crippen molar-refractivity contribution in [3.8, 4) is 67.5 Å². The molecule has 3 saturated carbocycles. The van der Waals surface area contributed by atoms with Gasteiger partial charge in [-0.25, -0.2) is 13.7 Å². The van der Waals surface area contributed by atoms with Crippen molar-refractivity contribution in [3.63, 3.8) is 0 Å². The first-order chi connectivity index (χ1) is 61.0. The second-order valence-electron chi connectivity index (χ2n) is 31.1. The van der Waals surface area contributed by atoms with Gasteiger partial charge in [0.05, 0.1) is 0 Å². The van der Waals surface area contributed by atoms with Gasteiger partial charge in [0.15, 0.2) is 35.7 Å². The molecule has 0 saturated heterocycles. The number of rotatable bonds is 9. The maximum Gasteiger partial charge on any atom is 0.215 e. The van der Waals surface area contributed by atoms with Gasteiger partial charge in [-0.05, 0) is 263 Å². The molecule has 576 valence electrons. The lowest BCUT2D eigenvalue weighted by Crippen LogP contribution is -2.37. The summed E-state index contributed by atoms with van der Waals surface area (Å²) in [7, 11) is 11.2. The van der Waals surface area contributed by atoms with Crippen molar-refractivity contribution < 1.29 is 54.8 Å². The number of pyridine rings is 6. The van der Waals surface area contributed by atoms with Crippen LogP contribution in [0.3, 0.4) is 0 Å². The van der Waals surface area contributed by atoms with Gasteiger partial charge in [0, 0.05) is 151 Å². The van der Waals surface area contributed by atoms with Crippen LogP contribution in [0.5, 0.6) is 0 Å². The molecule has 0 aliphatic heterocycles. The molecule has 6 heterocycles. The van der Waals surface area contributed by atoms with E-state index in [-0.39, 0.29) is 28.4 Å². The Balaban J connectivity index is 0.000000164. The Hall–Kier alpha value is -9.78. The highest BCUT2D eigenvalue weighted by molar-refractivity contribution is 5.68. The Bertz CT molecular complexity index is 6110. The molecule has 6 nitrogen and oxygen atoms in total. The van der Waals surface area contributed by atoms with Crippen LogP contribution >= 0.6 is 0 Å². The van der Waals surface area contributed by atoms with Crippen LogP contribution in [0.15, 0.2) is 201 Å². The molecule has 6 heteroatoms. The normalized spacial score (nSPS) is 17.3. The minimum absolute atomic E-state index is 0.0696. The van der Waals surface area contributed by atoms with Crippen LogP contribution in [0, 0.1) is 124 Å². The van der Waals surface area contributed by atoms with Gasteiger partial charge in [0.2, 0.25) is 34.2 Å². The van der Waals surface area contributed by atoms with Crippen LogP contribution in [0.2, 0.25) is 0 Å². The molecule has 15 rings (SSSR count). The molecule has 6 aromatic carbocycles. The monoisotopic (exact) mass is 1500 g/mol. The SMILES string of the molecule is Cc1ccccc1-c1cc(C)c(C2CCCC2)c[n+]1C.[2H]C([2H])([2H])c1c(C)c(C)c(-c2ccccc2C)[n+](C)c1C([2H])([2H])[2H].[2H]C([2H])([2H])c1c(C)cc(-c2ccccc2C)[n+](C)c1C([2H])([2H])[2H].[2H]C([2H])([2H])c1c[n+](C)c(-c2ccccc2C)cc1C1([2H])CCCC1.[2H]C([2H])([2H])c1cc(C)cc(-c2ccccc2C)[n+]1C.[2H]C1(c2c[n+](C)c(-c3ccccc3C)cc2C)CCCC1. The van der Waals surface area contributed by atoms with E-state index >= 15 is 0 Å². The van der Waals surface area contributed by atoms with E-state index in [1.807, 2.05) is 150 Å². The van der Waals surface area contributed by atoms with Crippen molar-refractivity contribution in [3.05, 3.63) is 318 Å². The zero-order chi connectivity index (χ0) is 96.9. The zero-order valence-electron chi connectivity index (χ0n) is 89.3. The van der Waals surface area contributed by atoms with E-state index in [0.717, 1.165) is 117 Å². The van der Waals surface area contributed by atoms with Gasteiger partial charge >= 0.3 is 0 Å². The standard InChI is InChI=1S/3C19H24N.C17H22N.C16H20N.C15H18N/c1-14-8-4-7-11-17(14)19-12-18(15(2)13-20(19)3)16-9-5-6-10-16;2*1-14-8-4-7-11-17(14)19-12-15(2)18(13-20(19)3)16-9-5-6-10-16;1-11-9-7-8-10-16(11)17-14(4)12(2)13(3)15(5)18(17)6;1-11-8-6-7-9-15(11)16-10-12(2)13(3)14(4)17(16)5;1-11-9-13(3)16(4)15(10-11)14-8-6-5-7-12(14)2/h3*4,7-8,11-13,16H,5-6,9-10H2,1-3H3;7-10H,1-6H3;6-10H,1-5H3;5-10H,1-4H3/q6*+1/i2D3,16D;16D;;3D3,5D3;3D3,4D3;3D3. The molecule has 3 fully saturated rings. The van der Waals surface area contributed by atoms with Gasteiger partial charge in [-0.2, -0.15) is 13.7 Å². The summed E-state index contributed by atoms with van der Waals surface area (Å²) in [4.78, 5) is 0. The second-order valence-corrected chi connectivity index (χ2v) is 31.1. The summed E-state index contributed by atoms with van der Waals surface area (Å²) in [6.45, 7) is 9.58. The molecule has 0 unspecified atom stereocenters. The van der Waals surface area contributed by atoms with Gasteiger partial charge in [-0.3, -0.25) is 0 Å². The predicted molar refractivity (Wildman–Crippen MR) is 467 cm³/mol. The zero-order valence-corrected chi connectivity index (χ0v) is 69.3. The Morgan fingerprint density at radius 3 is 1.08 bits per heavy atom. The molecule has 0 amide bonds. The minimum atomic E-state index is -2.52. The Morgan fingerprint density at radius 2 is 0.649 bits per heavy atom. The first-order valence-electron chi connectivity index (χ1n) is 49.5. The lowest BCUT2D eigenvalue weighted by atomic mass is 9.92. The fraction of sp³-hybridized carbons (Fsp3) is 0.371. The van der Waals surface area contributed by atoms with Gasteiger partial charge in [-0.1, -0.05) is 148 Å². The van der Waals surface area contributed by atoms with Gasteiger partial charge in [0.25, 0.3) is 0 Å². The molecular weight excluding hydrogens is 1350 g/mol. The minimum Gasteiger partial charge on any atom is -0.201 e. The van der Waals surface area contributed by atoms with Crippen LogP contribution in [0.1, 0.15) is 239 Å². The summed E-state index contributed by atoms with van der Waals surface area (Å²) in [5.41, 5.74) is 28.5. The summed E-state index contributed by atoms with van der Waals surface area (Å²) < 4.78 is 169. The van der Waals surface area contributed by atoms with Crippen LogP contribution < -0.4 is 27.4 Å². The molecule has 111 heavy (non-hydrogen) atoms. The van der Waals surface area contributed by atoms with Crippen molar-refractivity contribution in [1.29, 1.82) is 0 Å². The summed E-state index contributed by atoms with van der Waals surface area (Å²) in [6.07, 6.45) is 19.6. The second kappa shape index (κ2) is 38.0. The van der Waals surface area contributed by atoms with E-state index < -0.39 is 47.0 Å². The Morgan fingerprint density at radius 1 is 0.279 bits per heavy atom. The molecule has 0 spiro atoms. The lowest BCUT2D eigenvalue weighted by Gasteiger charge is -2.14. The largest absolute Gasteiger partial charge is 0.215 e. The third-order valence-corrected chi connectivity index (χ3v) is 23.1. The molecule has 0 atom stereocenters. The van der Waals surface area contributed by atoms with Gasteiger partial charge in [-0.15, -0.1) is 0 Å². The predicted octanol–water partition coefficient (Wildman–Crippen LogP) is 23.6. The van der Waals surface area contributed by atoms with Crippen LogP contribution in [0.4, 0.5) is 0 Å². The van der Waals surface area contributed by atoms with E-state index in [1.54, 1.807) is 56.4 Å². The third kappa shape index (κ3) is 19.8. The summed E-state index contributed by atoms with van der Waals surface area (Å²) in [6, 6.07) is 60.7. The van der Waals surface area contributed by atoms with Crippen molar-refractivity contribution in [1.82, 2.24) is 0 Å². The highest BCUT2D eigenvalue weighted by Crippen LogP contribution is 2.40.